The first-order valence-corrected chi connectivity index (χ1v) is 13.0. The van der Waals surface area contributed by atoms with Crippen LogP contribution in [0.5, 0.6) is 0 Å². The van der Waals surface area contributed by atoms with Gasteiger partial charge < -0.3 is 25.2 Å². The van der Waals surface area contributed by atoms with Gasteiger partial charge in [0.05, 0.1) is 53.4 Å². The van der Waals surface area contributed by atoms with Crippen LogP contribution in [0.2, 0.25) is 0 Å². The van der Waals surface area contributed by atoms with E-state index in [2.05, 4.69) is 38.4 Å². The van der Waals surface area contributed by atoms with Gasteiger partial charge in [0.1, 0.15) is 6.54 Å². The zero-order chi connectivity index (χ0) is 28.0. The topological polar surface area (TPSA) is 89.1 Å². The number of hydrogen-bond donors (Lipinski definition) is 3. The molecule has 3 heterocycles. The van der Waals surface area contributed by atoms with Crippen molar-refractivity contribution in [2.45, 2.75) is 50.9 Å². The number of hydrogen-bond acceptors (Lipinski definition) is 6. The van der Waals surface area contributed by atoms with Crippen LogP contribution in [0.3, 0.4) is 0 Å². The van der Waals surface area contributed by atoms with Gasteiger partial charge in [-0.1, -0.05) is 12.0 Å². The molecule has 4 rings (SSSR count). The Labute approximate surface area is 226 Å². The van der Waals surface area contributed by atoms with Gasteiger partial charge in [-0.15, -0.1) is 0 Å². The van der Waals surface area contributed by atoms with Crippen LogP contribution in [-0.4, -0.2) is 64.6 Å². The maximum atomic E-state index is 13.5. The van der Waals surface area contributed by atoms with Crippen LogP contribution in [0.25, 0.3) is 10.9 Å². The Kier molecular flexibility index (Phi) is 8.69. The van der Waals surface area contributed by atoms with Crippen molar-refractivity contribution < 1.29 is 18.3 Å². The molecule has 1 fully saturated rings. The molecule has 3 N–H and O–H groups in total. The molecule has 3 aromatic rings. The Balaban J connectivity index is 1.52. The lowest BCUT2D eigenvalue weighted by Crippen LogP contribution is -2.40. The van der Waals surface area contributed by atoms with E-state index in [1.54, 1.807) is 50.4 Å². The Morgan fingerprint density at radius 2 is 1.92 bits per heavy atom. The van der Waals surface area contributed by atoms with Crippen LogP contribution in [0.4, 0.5) is 24.5 Å². The van der Waals surface area contributed by atoms with Gasteiger partial charge in [0.25, 0.3) is 0 Å². The van der Waals surface area contributed by atoms with Crippen molar-refractivity contribution in [1.29, 1.82) is 5.26 Å². The molecule has 0 bridgehead atoms. The molecule has 39 heavy (non-hydrogen) atoms. The van der Waals surface area contributed by atoms with Gasteiger partial charge >= 0.3 is 6.18 Å². The van der Waals surface area contributed by atoms with Crippen molar-refractivity contribution in [3.8, 4) is 17.9 Å². The summed E-state index contributed by atoms with van der Waals surface area (Å²) in [6, 6.07) is 13.1. The lowest BCUT2D eigenvalue weighted by molar-refractivity contribution is -0.140. The number of nitrogens with one attached hydrogen (secondary N) is 2. The largest absolute Gasteiger partial charge is 0.406 e. The van der Waals surface area contributed by atoms with Gasteiger partial charge in [0.2, 0.25) is 0 Å². The van der Waals surface area contributed by atoms with Crippen molar-refractivity contribution >= 4 is 22.3 Å². The van der Waals surface area contributed by atoms with Crippen LogP contribution in [-0.2, 0) is 12.0 Å². The molecule has 0 unspecified atom stereocenters. The van der Waals surface area contributed by atoms with Crippen LogP contribution in [0.1, 0.15) is 38.1 Å². The van der Waals surface area contributed by atoms with Gasteiger partial charge in [0.15, 0.2) is 0 Å². The number of nitrogens with zero attached hydrogens (tertiary/aromatic N) is 4. The monoisotopic (exact) mass is 538 g/mol. The number of pyridine rings is 1. The quantitative estimate of drug-likeness (QED) is 0.360. The molecular formula is C29H33F3N6O. The molecule has 10 heteroatoms. The fraction of sp³-hybridized carbons (Fsp3) is 0.448. The summed E-state index contributed by atoms with van der Waals surface area (Å²) in [4.78, 5) is 6.54. The maximum absolute atomic E-state index is 13.5. The minimum atomic E-state index is -4.39. The molecule has 0 radical (unpaired) electrons. The second-order valence-electron chi connectivity index (χ2n) is 10.3. The highest BCUT2D eigenvalue weighted by Crippen LogP contribution is 2.31. The summed E-state index contributed by atoms with van der Waals surface area (Å²) in [5, 5.41) is 25.8. The van der Waals surface area contributed by atoms with Crippen molar-refractivity contribution in [2.75, 3.05) is 43.4 Å². The minimum Gasteiger partial charge on any atom is -0.395 e. The molecule has 1 saturated heterocycles. The average Bonchev–Trinajstić information content (AvgIpc) is 3.25. The number of benzene rings is 1. The Hall–Kier alpha value is -3.73. The van der Waals surface area contributed by atoms with E-state index in [1.165, 1.54) is 4.57 Å². The lowest BCUT2D eigenvalue weighted by atomic mass is 9.91. The Morgan fingerprint density at radius 3 is 2.56 bits per heavy atom. The first-order valence-electron chi connectivity index (χ1n) is 13.0. The molecule has 7 nitrogen and oxygen atoms in total. The van der Waals surface area contributed by atoms with E-state index in [-0.39, 0.29) is 19.2 Å². The highest BCUT2D eigenvalue weighted by atomic mass is 19.4. The maximum Gasteiger partial charge on any atom is 0.406 e. The predicted octanol–water partition coefficient (Wildman–Crippen LogP) is 4.73. The second-order valence-corrected chi connectivity index (χ2v) is 10.3. The average molecular weight is 539 g/mol. The third-order valence-electron chi connectivity index (χ3n) is 6.93. The number of aliphatic hydroxyl groups excluding tert-OH is 1. The lowest BCUT2D eigenvalue weighted by Gasteiger charge is -2.32. The van der Waals surface area contributed by atoms with Gasteiger partial charge in [0, 0.05) is 36.7 Å². The Bertz CT molecular complexity index is 1370. The van der Waals surface area contributed by atoms with E-state index < -0.39 is 18.1 Å². The molecule has 1 aliphatic rings. The zero-order valence-corrected chi connectivity index (χ0v) is 22.1. The number of aromatic nitrogens is 2. The molecule has 0 spiro atoms. The predicted molar refractivity (Wildman–Crippen MR) is 146 cm³/mol. The molecule has 0 aliphatic carbocycles. The van der Waals surface area contributed by atoms with E-state index in [1.807, 2.05) is 6.07 Å². The molecule has 206 valence electrons. The normalized spacial score (nSPS) is 15.0. The number of β-amino-alcohol motifs (C(OH)–C–C–N with tert-alkyl or cyclic N) is 1. The minimum absolute atomic E-state index is 0.132. The first-order chi connectivity index (χ1) is 18.6. The third kappa shape index (κ3) is 7.23. The molecule has 1 aromatic carbocycles. The van der Waals surface area contributed by atoms with Crippen LogP contribution in [0, 0.1) is 23.2 Å². The number of rotatable bonds is 8. The summed E-state index contributed by atoms with van der Waals surface area (Å²) in [6.07, 6.45) is -0.999. The summed E-state index contributed by atoms with van der Waals surface area (Å²) in [5.74, 6) is 5.86. The fourth-order valence-electron chi connectivity index (χ4n) is 4.73. The van der Waals surface area contributed by atoms with E-state index in [9.17, 15) is 18.4 Å². The summed E-state index contributed by atoms with van der Waals surface area (Å²) >= 11 is 0. The summed E-state index contributed by atoms with van der Waals surface area (Å²) in [5.41, 5.74) is 2.22. The van der Waals surface area contributed by atoms with E-state index in [0.717, 1.165) is 31.6 Å². The molecule has 2 aromatic heterocycles. The van der Waals surface area contributed by atoms with Crippen LogP contribution < -0.4 is 10.6 Å². The number of aliphatic hydroxyl groups is 1. The Morgan fingerprint density at radius 1 is 1.15 bits per heavy atom. The van der Waals surface area contributed by atoms with Crippen molar-refractivity contribution in [1.82, 2.24) is 14.5 Å². The molecule has 0 amide bonds. The molecule has 0 saturated carbocycles. The molecular weight excluding hydrogens is 505 g/mol. The number of halogens is 3. The number of anilines is 2. The van der Waals surface area contributed by atoms with Crippen LogP contribution in [0.15, 0.2) is 42.6 Å². The number of alkyl halides is 3. The number of likely N-dealkylation sites (tertiary alicyclic amines) is 1. The van der Waals surface area contributed by atoms with Crippen molar-refractivity contribution in [3.63, 3.8) is 0 Å². The van der Waals surface area contributed by atoms with Crippen molar-refractivity contribution in [3.05, 3.63) is 54.0 Å². The van der Waals surface area contributed by atoms with Gasteiger partial charge in [-0.2, -0.15) is 18.4 Å². The van der Waals surface area contributed by atoms with E-state index >= 15 is 0 Å². The zero-order valence-electron chi connectivity index (χ0n) is 22.1. The SMILES string of the molecule is CC(C)(C#N)c1ccc(NCC#Cc2cc3c(NC4CCN(CCO)CC4)cccc3n2CC(F)(F)F)cn1. The summed E-state index contributed by atoms with van der Waals surface area (Å²) < 4.78 is 41.7. The third-order valence-corrected chi connectivity index (χ3v) is 6.93. The number of piperidine rings is 1. The standard InChI is InChI=1S/C29H33F3N6O/c1-28(2,19-33)27-9-8-22(18-35-27)34-12-4-5-23-17-24-25(36-21-10-13-37(14-11-21)15-16-39)6-3-7-26(24)38(23)20-29(30,31)32/h3,6-9,17-18,21,34,36,39H,10-16,20H2,1-2H3. The van der Waals surface area contributed by atoms with E-state index in [4.69, 9.17) is 5.11 Å². The van der Waals surface area contributed by atoms with Crippen LogP contribution >= 0.6 is 0 Å². The number of fused-ring (bicyclic) bond motifs is 1. The van der Waals surface area contributed by atoms with Crippen molar-refractivity contribution in [2.24, 2.45) is 0 Å². The summed E-state index contributed by atoms with van der Waals surface area (Å²) in [7, 11) is 0. The van der Waals surface area contributed by atoms with E-state index in [0.29, 0.717) is 34.5 Å². The summed E-state index contributed by atoms with van der Waals surface area (Å²) in [6.45, 7) is 5.18. The highest BCUT2D eigenvalue weighted by Gasteiger charge is 2.30. The second kappa shape index (κ2) is 12.0. The van der Waals surface area contributed by atoms with Gasteiger partial charge in [-0.25, -0.2) is 0 Å². The highest BCUT2D eigenvalue weighted by molar-refractivity contribution is 5.94. The molecule has 1 aliphatic heterocycles. The smallest absolute Gasteiger partial charge is 0.395 e. The van der Waals surface area contributed by atoms with Gasteiger partial charge in [-0.05, 0) is 62.9 Å². The number of nitriles is 1. The molecule has 0 atom stereocenters. The van der Waals surface area contributed by atoms with Gasteiger partial charge in [-0.3, -0.25) is 4.98 Å². The first kappa shape index (κ1) is 28.3. The fourth-order valence-corrected chi connectivity index (χ4v) is 4.73.